The van der Waals surface area contributed by atoms with Crippen molar-refractivity contribution in [3.63, 3.8) is 0 Å². The van der Waals surface area contributed by atoms with Crippen LogP contribution in [-0.2, 0) is 0 Å². The quantitative estimate of drug-likeness (QED) is 0.469. The van der Waals surface area contributed by atoms with Gasteiger partial charge in [0, 0.05) is 11.5 Å². The molecule has 3 heteroatoms. The molecular formula is C19H13LiNO+. The number of hydrogen-bond donors (Lipinski definition) is 0. The van der Waals surface area contributed by atoms with Gasteiger partial charge < -0.3 is 5.11 Å². The van der Waals surface area contributed by atoms with Gasteiger partial charge in [-0.2, -0.15) is 0 Å². The molecule has 22 heavy (non-hydrogen) atoms. The predicted molar refractivity (Wildman–Crippen MR) is 82.9 cm³/mol. The molecule has 0 saturated heterocycles. The normalized spacial score (nSPS) is 10.5. The summed E-state index contributed by atoms with van der Waals surface area (Å²) in [5, 5.41) is 15.3. The van der Waals surface area contributed by atoms with Gasteiger partial charge in [-0.1, -0.05) is 48.5 Å². The summed E-state index contributed by atoms with van der Waals surface area (Å²) in [7, 11) is 0. The average molecular weight is 278 g/mol. The molecule has 0 radical (unpaired) electrons. The largest absolute Gasteiger partial charge is 1.00 e. The average Bonchev–Trinajstić information content (AvgIpc) is 2.54. The molecule has 100 valence electrons. The molecule has 0 aliphatic carbocycles. The first-order chi connectivity index (χ1) is 10.3. The number of rotatable bonds is 1. The van der Waals surface area contributed by atoms with Gasteiger partial charge in [0.15, 0.2) is 0 Å². The van der Waals surface area contributed by atoms with Gasteiger partial charge in [0.25, 0.3) is 0 Å². The summed E-state index contributed by atoms with van der Waals surface area (Å²) < 4.78 is 0. The number of fused-ring (bicyclic) bond motifs is 2. The number of H-pyrrole nitrogens is 1. The van der Waals surface area contributed by atoms with Crippen LogP contribution in [0.3, 0.4) is 0 Å². The minimum Gasteiger partial charge on any atom is -0.868 e. The van der Waals surface area contributed by atoms with Crippen LogP contribution in [-0.4, -0.2) is 0 Å². The fourth-order valence-electron chi connectivity index (χ4n) is 2.79. The van der Waals surface area contributed by atoms with E-state index in [1.165, 1.54) is 10.8 Å². The van der Waals surface area contributed by atoms with E-state index < -0.39 is 0 Å². The van der Waals surface area contributed by atoms with Gasteiger partial charge in [-0.15, -0.1) is 0 Å². The number of nitrogens with one attached hydrogen (secondary N) is 1. The first kappa shape index (κ1) is 14.7. The van der Waals surface area contributed by atoms with E-state index in [-0.39, 0.29) is 24.6 Å². The summed E-state index contributed by atoms with van der Waals surface area (Å²) in [6.45, 7) is 0. The third-order valence-corrected chi connectivity index (χ3v) is 3.83. The van der Waals surface area contributed by atoms with Crippen molar-refractivity contribution in [2.24, 2.45) is 0 Å². The van der Waals surface area contributed by atoms with E-state index in [1.807, 2.05) is 36.4 Å². The zero-order valence-corrected chi connectivity index (χ0v) is 12.3. The maximum absolute atomic E-state index is 12.0. The van der Waals surface area contributed by atoms with Crippen LogP contribution in [0.5, 0.6) is 5.75 Å². The summed E-state index contributed by atoms with van der Waals surface area (Å²) >= 11 is 0. The SMILES string of the molecule is [Li+].[O-]c1cccc2ccc(-c3cccc4ccccc34)[nH+]c12. The van der Waals surface area contributed by atoms with Gasteiger partial charge in [0.05, 0.1) is 5.56 Å². The molecule has 4 rings (SSSR count). The van der Waals surface area contributed by atoms with Crippen molar-refractivity contribution < 1.29 is 29.0 Å². The molecule has 0 saturated carbocycles. The second-order valence-corrected chi connectivity index (χ2v) is 5.12. The van der Waals surface area contributed by atoms with Gasteiger partial charge in [0.2, 0.25) is 11.2 Å². The maximum Gasteiger partial charge on any atom is 1.00 e. The Hall–Kier alpha value is -2.27. The van der Waals surface area contributed by atoms with Crippen molar-refractivity contribution in [1.29, 1.82) is 0 Å². The zero-order valence-electron chi connectivity index (χ0n) is 12.3. The van der Waals surface area contributed by atoms with Crippen LogP contribution < -0.4 is 29.0 Å². The van der Waals surface area contributed by atoms with Crippen LogP contribution in [0, 0.1) is 0 Å². The van der Waals surface area contributed by atoms with Crippen molar-refractivity contribution in [3.05, 3.63) is 72.8 Å². The van der Waals surface area contributed by atoms with Crippen molar-refractivity contribution in [3.8, 4) is 17.0 Å². The molecule has 1 aromatic heterocycles. The van der Waals surface area contributed by atoms with E-state index in [9.17, 15) is 5.11 Å². The number of aromatic nitrogens is 1. The molecule has 0 fully saturated rings. The molecule has 0 amide bonds. The first-order valence-electron chi connectivity index (χ1n) is 6.93. The van der Waals surface area contributed by atoms with Crippen LogP contribution >= 0.6 is 0 Å². The first-order valence-corrected chi connectivity index (χ1v) is 6.93. The standard InChI is InChI=1S/C19H13NO.Li/c21-18-10-4-7-14-11-12-17(20-19(14)18)16-9-3-6-13-5-1-2-8-15(13)16;/h1-12,21H;/q;+1. The molecule has 0 aliphatic rings. The summed E-state index contributed by atoms with van der Waals surface area (Å²) in [6, 6.07) is 23.8. The number of aromatic amines is 1. The topological polar surface area (TPSA) is 37.2 Å². The van der Waals surface area contributed by atoms with Crippen LogP contribution in [0.2, 0.25) is 0 Å². The zero-order chi connectivity index (χ0) is 14.2. The van der Waals surface area contributed by atoms with Crippen molar-refractivity contribution >= 4 is 21.7 Å². The van der Waals surface area contributed by atoms with E-state index >= 15 is 0 Å². The fourth-order valence-corrected chi connectivity index (χ4v) is 2.79. The minimum absolute atomic E-state index is 0. The Morgan fingerprint density at radius 3 is 2.32 bits per heavy atom. The third kappa shape index (κ3) is 2.37. The molecule has 3 aromatic carbocycles. The Bertz CT molecular complexity index is 960. The molecule has 0 bridgehead atoms. The second-order valence-electron chi connectivity index (χ2n) is 5.12. The van der Waals surface area contributed by atoms with Crippen molar-refractivity contribution in [2.45, 2.75) is 0 Å². The third-order valence-electron chi connectivity index (χ3n) is 3.83. The molecule has 0 aliphatic heterocycles. The Balaban J connectivity index is 0.00000144. The molecule has 4 aromatic rings. The monoisotopic (exact) mass is 278 g/mol. The number of pyridine rings is 1. The molecular weight excluding hydrogens is 265 g/mol. The Morgan fingerprint density at radius 2 is 1.41 bits per heavy atom. The Labute approximate surface area is 140 Å². The van der Waals surface area contributed by atoms with Crippen LogP contribution in [0.1, 0.15) is 0 Å². The minimum atomic E-state index is 0. The fraction of sp³-hybridized carbons (Fsp3) is 0. The molecule has 0 spiro atoms. The van der Waals surface area contributed by atoms with E-state index in [2.05, 4.69) is 29.2 Å². The van der Waals surface area contributed by atoms with Crippen LogP contribution in [0.25, 0.3) is 32.9 Å². The maximum atomic E-state index is 12.0. The summed E-state index contributed by atoms with van der Waals surface area (Å²) in [6.07, 6.45) is 0. The summed E-state index contributed by atoms with van der Waals surface area (Å²) in [5.74, 6) is 0.0228. The molecule has 1 N–H and O–H groups in total. The van der Waals surface area contributed by atoms with Crippen LogP contribution in [0.4, 0.5) is 0 Å². The Kier molecular flexibility index (Phi) is 3.89. The number of hydrogen-bond acceptors (Lipinski definition) is 1. The molecule has 0 unspecified atom stereocenters. The molecule has 0 atom stereocenters. The predicted octanol–water partition coefficient (Wildman–Crippen LogP) is 0.552. The van der Waals surface area contributed by atoms with Gasteiger partial charge >= 0.3 is 18.9 Å². The van der Waals surface area contributed by atoms with Gasteiger partial charge in [-0.25, -0.2) is 4.98 Å². The van der Waals surface area contributed by atoms with Crippen molar-refractivity contribution in [1.82, 2.24) is 0 Å². The van der Waals surface area contributed by atoms with E-state index in [4.69, 9.17) is 0 Å². The smallest absolute Gasteiger partial charge is 0.868 e. The van der Waals surface area contributed by atoms with E-state index in [0.717, 1.165) is 16.6 Å². The van der Waals surface area contributed by atoms with Gasteiger partial charge in [-0.05, 0) is 34.7 Å². The summed E-state index contributed by atoms with van der Waals surface area (Å²) in [4.78, 5) is 3.29. The Morgan fingerprint density at radius 1 is 0.682 bits per heavy atom. The number of para-hydroxylation sites is 1. The number of benzene rings is 3. The summed E-state index contributed by atoms with van der Waals surface area (Å²) in [5.41, 5.74) is 2.73. The van der Waals surface area contributed by atoms with Crippen molar-refractivity contribution in [2.75, 3.05) is 0 Å². The van der Waals surface area contributed by atoms with Gasteiger partial charge in [0.1, 0.15) is 0 Å². The van der Waals surface area contributed by atoms with E-state index in [1.54, 1.807) is 12.1 Å². The van der Waals surface area contributed by atoms with Gasteiger partial charge in [-0.3, -0.25) is 0 Å². The van der Waals surface area contributed by atoms with Crippen LogP contribution in [0.15, 0.2) is 72.8 Å². The van der Waals surface area contributed by atoms with E-state index in [0.29, 0.717) is 5.52 Å². The second kappa shape index (κ2) is 5.85. The molecule has 2 nitrogen and oxygen atoms in total. The molecule has 1 heterocycles.